The number of hydrogen-bond acceptors (Lipinski definition) is 3. The van der Waals surface area contributed by atoms with Gasteiger partial charge in [0, 0.05) is 28.1 Å². The second kappa shape index (κ2) is 5.03. The van der Waals surface area contributed by atoms with Crippen LogP contribution in [0.5, 0.6) is 0 Å². The van der Waals surface area contributed by atoms with Crippen molar-refractivity contribution in [2.24, 2.45) is 0 Å². The number of anilines is 1. The summed E-state index contributed by atoms with van der Waals surface area (Å²) in [5.41, 5.74) is 2.80. The van der Waals surface area contributed by atoms with Crippen LogP contribution in [0.3, 0.4) is 0 Å². The predicted molar refractivity (Wildman–Crippen MR) is 81.0 cm³/mol. The number of carbonyl (C=O) groups is 1. The number of imidazole rings is 1. The van der Waals surface area contributed by atoms with E-state index in [1.54, 1.807) is 6.20 Å². The third-order valence-electron chi connectivity index (χ3n) is 3.44. The number of halogens is 1. The SMILES string of the molecule is CCNC1C(=O)Nc2cc(-n3ccnc3C)c(Br)cc21. The summed E-state index contributed by atoms with van der Waals surface area (Å²) in [5.74, 6) is 0.895. The number of nitrogens with zero attached hydrogens (tertiary/aromatic N) is 2. The molecule has 1 aliphatic heterocycles. The van der Waals surface area contributed by atoms with Crippen molar-refractivity contribution >= 4 is 27.5 Å². The third-order valence-corrected chi connectivity index (χ3v) is 4.08. The fourth-order valence-electron chi connectivity index (χ4n) is 2.49. The molecule has 0 saturated carbocycles. The van der Waals surface area contributed by atoms with E-state index in [-0.39, 0.29) is 11.9 Å². The summed E-state index contributed by atoms with van der Waals surface area (Å²) in [6, 6.07) is 3.70. The quantitative estimate of drug-likeness (QED) is 0.906. The van der Waals surface area contributed by atoms with Gasteiger partial charge in [0.15, 0.2) is 0 Å². The number of aromatic nitrogens is 2. The molecule has 2 aromatic rings. The largest absolute Gasteiger partial charge is 0.324 e. The minimum Gasteiger partial charge on any atom is -0.324 e. The van der Waals surface area contributed by atoms with Gasteiger partial charge in [0.25, 0.3) is 0 Å². The first-order chi connectivity index (χ1) is 9.61. The highest BCUT2D eigenvalue weighted by atomic mass is 79.9. The number of amides is 1. The zero-order valence-electron chi connectivity index (χ0n) is 11.3. The van der Waals surface area contributed by atoms with Crippen LogP contribution in [0.1, 0.15) is 24.4 Å². The molecular weight excluding hydrogens is 320 g/mol. The highest BCUT2D eigenvalue weighted by Gasteiger charge is 2.30. The lowest BCUT2D eigenvalue weighted by molar-refractivity contribution is -0.117. The molecule has 1 atom stereocenters. The van der Waals surface area contributed by atoms with Gasteiger partial charge in [0.1, 0.15) is 11.9 Å². The van der Waals surface area contributed by atoms with Gasteiger partial charge >= 0.3 is 0 Å². The van der Waals surface area contributed by atoms with Gasteiger partial charge in [-0.3, -0.25) is 4.79 Å². The number of rotatable bonds is 3. The Bertz CT molecular complexity index is 680. The van der Waals surface area contributed by atoms with Gasteiger partial charge in [-0.2, -0.15) is 0 Å². The van der Waals surface area contributed by atoms with Crippen LogP contribution >= 0.6 is 15.9 Å². The van der Waals surface area contributed by atoms with Crippen molar-refractivity contribution in [3.8, 4) is 5.69 Å². The average Bonchev–Trinajstić information content (AvgIpc) is 2.95. The minimum atomic E-state index is -0.274. The Morgan fingerprint density at radius 2 is 2.30 bits per heavy atom. The Morgan fingerprint density at radius 1 is 1.50 bits per heavy atom. The van der Waals surface area contributed by atoms with Gasteiger partial charge < -0.3 is 15.2 Å². The van der Waals surface area contributed by atoms with Crippen molar-refractivity contribution in [2.75, 3.05) is 11.9 Å². The summed E-state index contributed by atoms with van der Waals surface area (Å²) in [5, 5.41) is 6.12. The lowest BCUT2D eigenvalue weighted by atomic mass is 10.1. The van der Waals surface area contributed by atoms with Crippen LogP contribution in [0.4, 0.5) is 5.69 Å². The Morgan fingerprint density at radius 3 is 2.95 bits per heavy atom. The molecule has 1 aromatic carbocycles. The standard InChI is InChI=1S/C14H15BrN4O/c1-3-16-13-9-6-10(15)12(7-11(9)18-14(13)20)19-5-4-17-8(19)2/h4-7,13,16H,3H2,1-2H3,(H,18,20). The fourth-order valence-corrected chi connectivity index (χ4v) is 3.05. The first kappa shape index (κ1) is 13.3. The normalized spacial score (nSPS) is 17.1. The van der Waals surface area contributed by atoms with E-state index >= 15 is 0 Å². The summed E-state index contributed by atoms with van der Waals surface area (Å²) in [7, 11) is 0. The molecule has 0 fully saturated rings. The Labute approximate surface area is 125 Å². The molecule has 1 aromatic heterocycles. The average molecular weight is 335 g/mol. The fraction of sp³-hybridized carbons (Fsp3) is 0.286. The molecular formula is C14H15BrN4O. The molecule has 1 unspecified atom stereocenters. The maximum absolute atomic E-state index is 12.0. The molecule has 0 saturated heterocycles. The Hall–Kier alpha value is -1.66. The van der Waals surface area contributed by atoms with Crippen LogP contribution in [-0.2, 0) is 4.79 Å². The van der Waals surface area contributed by atoms with Crippen molar-refractivity contribution in [1.29, 1.82) is 0 Å². The maximum atomic E-state index is 12.0. The zero-order valence-corrected chi connectivity index (χ0v) is 12.9. The van der Waals surface area contributed by atoms with Gasteiger partial charge in [-0.25, -0.2) is 4.98 Å². The summed E-state index contributed by atoms with van der Waals surface area (Å²) in [4.78, 5) is 16.2. The van der Waals surface area contributed by atoms with E-state index in [9.17, 15) is 4.79 Å². The number of carbonyl (C=O) groups excluding carboxylic acids is 1. The van der Waals surface area contributed by atoms with Crippen LogP contribution in [0.15, 0.2) is 29.0 Å². The monoisotopic (exact) mass is 334 g/mol. The van der Waals surface area contributed by atoms with Crippen LogP contribution in [-0.4, -0.2) is 22.0 Å². The minimum absolute atomic E-state index is 0.00625. The van der Waals surface area contributed by atoms with E-state index in [2.05, 4.69) is 31.5 Å². The molecule has 2 heterocycles. The smallest absolute Gasteiger partial charge is 0.246 e. The molecule has 0 radical (unpaired) electrons. The van der Waals surface area contributed by atoms with Crippen molar-refractivity contribution in [2.45, 2.75) is 19.9 Å². The molecule has 104 valence electrons. The molecule has 1 amide bonds. The first-order valence-electron chi connectivity index (χ1n) is 6.50. The molecule has 6 heteroatoms. The lowest BCUT2D eigenvalue weighted by Gasteiger charge is -2.12. The third kappa shape index (κ3) is 2.05. The Balaban J connectivity index is 2.09. The number of likely N-dealkylation sites (N-methyl/N-ethyl adjacent to an activating group) is 1. The van der Waals surface area contributed by atoms with Crippen molar-refractivity contribution in [3.63, 3.8) is 0 Å². The first-order valence-corrected chi connectivity index (χ1v) is 7.29. The van der Waals surface area contributed by atoms with Gasteiger partial charge in [0.2, 0.25) is 5.91 Å². The molecule has 2 N–H and O–H groups in total. The number of benzene rings is 1. The summed E-state index contributed by atoms with van der Waals surface area (Å²) < 4.78 is 2.92. The number of aryl methyl sites for hydroxylation is 1. The van der Waals surface area contributed by atoms with E-state index in [0.29, 0.717) is 0 Å². The lowest BCUT2D eigenvalue weighted by Crippen LogP contribution is -2.27. The van der Waals surface area contributed by atoms with Gasteiger partial charge in [0.05, 0.1) is 5.69 Å². The second-order valence-corrected chi connectivity index (χ2v) is 5.57. The highest BCUT2D eigenvalue weighted by molar-refractivity contribution is 9.10. The number of nitrogens with one attached hydrogen (secondary N) is 2. The van der Waals surface area contributed by atoms with Gasteiger partial charge in [-0.15, -0.1) is 0 Å². The molecule has 1 aliphatic rings. The molecule has 0 aliphatic carbocycles. The predicted octanol–water partition coefficient (Wildman–Crippen LogP) is 2.55. The maximum Gasteiger partial charge on any atom is 0.246 e. The molecule has 0 bridgehead atoms. The Kier molecular flexibility index (Phi) is 3.35. The summed E-state index contributed by atoms with van der Waals surface area (Å²) in [6.07, 6.45) is 3.66. The van der Waals surface area contributed by atoms with Gasteiger partial charge in [-0.1, -0.05) is 6.92 Å². The summed E-state index contributed by atoms with van der Waals surface area (Å²) >= 11 is 3.59. The van der Waals surface area contributed by atoms with E-state index < -0.39 is 0 Å². The van der Waals surface area contributed by atoms with Crippen molar-refractivity contribution in [1.82, 2.24) is 14.9 Å². The molecule has 3 rings (SSSR count). The van der Waals surface area contributed by atoms with E-state index in [1.807, 2.05) is 36.7 Å². The molecule has 20 heavy (non-hydrogen) atoms. The van der Waals surface area contributed by atoms with Crippen molar-refractivity contribution in [3.05, 3.63) is 40.4 Å². The van der Waals surface area contributed by atoms with Crippen LogP contribution in [0, 0.1) is 6.92 Å². The van der Waals surface area contributed by atoms with Crippen LogP contribution in [0.25, 0.3) is 5.69 Å². The topological polar surface area (TPSA) is 59.0 Å². The van der Waals surface area contributed by atoms with Crippen LogP contribution < -0.4 is 10.6 Å². The summed E-state index contributed by atoms with van der Waals surface area (Å²) in [6.45, 7) is 4.68. The van der Waals surface area contributed by atoms with E-state index in [1.165, 1.54) is 0 Å². The van der Waals surface area contributed by atoms with Gasteiger partial charge in [-0.05, 0) is 41.5 Å². The highest BCUT2D eigenvalue weighted by Crippen LogP contribution is 2.36. The number of hydrogen-bond donors (Lipinski definition) is 2. The number of fused-ring (bicyclic) bond motifs is 1. The zero-order chi connectivity index (χ0) is 14.3. The van der Waals surface area contributed by atoms with E-state index in [4.69, 9.17) is 0 Å². The van der Waals surface area contributed by atoms with E-state index in [0.717, 1.165) is 33.8 Å². The molecule has 5 nitrogen and oxygen atoms in total. The van der Waals surface area contributed by atoms with Crippen molar-refractivity contribution < 1.29 is 4.79 Å². The second-order valence-electron chi connectivity index (χ2n) is 4.72. The van der Waals surface area contributed by atoms with Crippen LogP contribution in [0.2, 0.25) is 0 Å². The molecule has 0 spiro atoms.